The molecule has 0 aromatic rings. The number of piperidine rings is 1. The van der Waals surface area contributed by atoms with Gasteiger partial charge in [0.2, 0.25) is 11.8 Å². The van der Waals surface area contributed by atoms with Crippen molar-refractivity contribution >= 4 is 62.8 Å². The molecule has 0 bridgehead atoms. The van der Waals surface area contributed by atoms with E-state index in [1.54, 1.807) is 20.8 Å². The molecular formula is C33H38BrCl2F16N3O5. The Hall–Kier alpha value is -3.06. The third-order valence-electron chi connectivity index (χ3n) is 6.76. The van der Waals surface area contributed by atoms with Gasteiger partial charge in [0.05, 0.1) is 47.6 Å². The van der Waals surface area contributed by atoms with Crippen molar-refractivity contribution in [2.24, 2.45) is 11.7 Å². The van der Waals surface area contributed by atoms with E-state index in [1.165, 1.54) is 4.90 Å². The molecule has 1 aliphatic carbocycles. The molecule has 0 aromatic carbocycles. The predicted octanol–water partition coefficient (Wildman–Crippen LogP) is 11.3. The van der Waals surface area contributed by atoms with Crippen LogP contribution < -0.4 is 5.73 Å². The van der Waals surface area contributed by atoms with Crippen LogP contribution in [0.2, 0.25) is 0 Å². The Morgan fingerprint density at radius 1 is 0.717 bits per heavy atom. The van der Waals surface area contributed by atoms with E-state index >= 15 is 0 Å². The highest BCUT2D eigenvalue weighted by Gasteiger charge is 2.56. The second kappa shape index (κ2) is 25.8. The molecule has 27 heteroatoms. The average molecular weight is 1010 g/mol. The number of hydrogen-bond donors (Lipinski definition) is 1. The number of allylic oxidation sites excluding steroid dienone is 6. The third-order valence-corrected chi connectivity index (χ3v) is 7.29. The minimum Gasteiger partial charge on any atom is -0.444 e. The molecule has 0 spiro atoms. The first-order chi connectivity index (χ1) is 27.0. The van der Waals surface area contributed by atoms with Crippen LogP contribution in [0.3, 0.4) is 0 Å². The van der Waals surface area contributed by atoms with Gasteiger partial charge in [0, 0.05) is 38.3 Å². The molecule has 3 aliphatic rings. The van der Waals surface area contributed by atoms with Gasteiger partial charge >= 0.3 is 30.8 Å². The summed E-state index contributed by atoms with van der Waals surface area (Å²) in [6, 6.07) is -0.786. The summed E-state index contributed by atoms with van der Waals surface area (Å²) in [7, 11) is 0. The molecule has 2 heterocycles. The number of rotatable bonds is 8. The van der Waals surface area contributed by atoms with E-state index in [0.717, 1.165) is 6.42 Å². The number of carbonyl (C=O) groups is 4. The van der Waals surface area contributed by atoms with Crippen LogP contribution in [-0.4, -0.2) is 99.6 Å². The Morgan fingerprint density at radius 3 is 1.47 bits per heavy atom. The fourth-order valence-corrected chi connectivity index (χ4v) is 4.77. The lowest BCUT2D eigenvalue weighted by Gasteiger charge is -2.29. The zero-order valence-electron chi connectivity index (χ0n) is 31.3. The van der Waals surface area contributed by atoms with Crippen molar-refractivity contribution in [3.05, 3.63) is 47.6 Å². The van der Waals surface area contributed by atoms with E-state index in [1.807, 2.05) is 0 Å². The molecule has 60 heavy (non-hydrogen) atoms. The number of amides is 3. The number of imide groups is 1. The van der Waals surface area contributed by atoms with E-state index < -0.39 is 126 Å². The zero-order valence-corrected chi connectivity index (χ0v) is 34.4. The van der Waals surface area contributed by atoms with E-state index in [4.69, 9.17) is 27.9 Å². The summed E-state index contributed by atoms with van der Waals surface area (Å²) < 4.78 is 193. The SMILES string of the molecule is CC(C)(C)OC(=O)N1[C@@H]2C[C@@H]2C[C@H]1C(=O)CC/C(F)=C/C(F)(F)F.ClCCl.F/C(=C\C(F)(F)F)CBr.NC/C(F)=C/C(F)(F)F.O=C1CCC(=O)N1C/C(F)=C/C(F)(F)F. The largest absolute Gasteiger partial charge is 0.444 e. The third kappa shape index (κ3) is 29.2. The molecule has 3 amide bonds. The van der Waals surface area contributed by atoms with E-state index in [2.05, 4.69) is 21.7 Å². The smallest absolute Gasteiger partial charge is 0.412 e. The number of nitrogens with two attached hydrogens (primary N) is 1. The number of fused-ring (bicyclic) bond motifs is 1. The number of halogens is 19. The highest BCUT2D eigenvalue weighted by Crippen LogP contribution is 2.49. The first-order valence-corrected chi connectivity index (χ1v) is 18.7. The molecule has 2 N–H and O–H groups in total. The molecule has 1 saturated carbocycles. The molecule has 3 atom stereocenters. The molecule has 2 saturated heterocycles. The van der Waals surface area contributed by atoms with Crippen LogP contribution in [0, 0.1) is 5.92 Å². The summed E-state index contributed by atoms with van der Waals surface area (Å²) >= 11 is 12.1. The predicted molar refractivity (Wildman–Crippen MR) is 189 cm³/mol. The minimum atomic E-state index is -4.78. The standard InChI is InChI=1S/C16H21F4NO3.C8H7F4NO2.C4H3BrF4.C4H5F4N.CH2Cl2/c1-15(2,3)24-14(23)21-11-6-9(11)7-12(21)13(22)5-4-10(17)8-16(18,19)20;9-5(3-8(10,11)12)4-13-6(14)1-2-7(13)15;5-2-3(6)1-4(7,8)9;5-3(2-9)1-4(6,7)8;2-1-3/h8-9,11-12H,4-7H2,1-3H3;3H,1-2,4H2;1H,2H2;1H,2,9H2;1H2/b10-8-;5-3-;2*3-1-;/t9-,11-,12+;;;;/m1..../s1. The summed E-state index contributed by atoms with van der Waals surface area (Å²) in [4.78, 5) is 48.2. The molecule has 3 fully saturated rings. The number of Topliss-reactive ketones (excluding diaryl/α,β-unsaturated/α-hetero) is 1. The molecule has 8 nitrogen and oxygen atoms in total. The normalized spacial score (nSPS) is 20.1. The highest BCUT2D eigenvalue weighted by atomic mass is 79.9. The average Bonchev–Trinajstić information content (AvgIpc) is 3.59. The van der Waals surface area contributed by atoms with Crippen molar-refractivity contribution in [3.8, 4) is 0 Å². The molecule has 2 aliphatic heterocycles. The van der Waals surface area contributed by atoms with Gasteiger partial charge in [-0.05, 0) is 39.5 Å². The van der Waals surface area contributed by atoms with Gasteiger partial charge in [-0.1, -0.05) is 15.9 Å². The maximum Gasteiger partial charge on any atom is 0.412 e. The summed E-state index contributed by atoms with van der Waals surface area (Å²) in [5, 5.41) is -0.202. The molecule has 348 valence electrons. The molecule has 0 radical (unpaired) electrons. The van der Waals surface area contributed by atoms with Crippen molar-refractivity contribution in [1.29, 1.82) is 0 Å². The number of likely N-dealkylation sites (tertiary alicyclic amines) is 2. The van der Waals surface area contributed by atoms with Crippen LogP contribution in [-0.2, 0) is 19.1 Å². The van der Waals surface area contributed by atoms with Crippen LogP contribution in [0.5, 0.6) is 0 Å². The van der Waals surface area contributed by atoms with Gasteiger partial charge in [-0.25, -0.2) is 22.4 Å². The zero-order chi connectivity index (χ0) is 47.6. The van der Waals surface area contributed by atoms with Crippen LogP contribution in [0.15, 0.2) is 47.6 Å². The Bertz CT molecular complexity index is 1500. The quantitative estimate of drug-likeness (QED) is 0.147. The van der Waals surface area contributed by atoms with Crippen LogP contribution in [0.4, 0.5) is 75.0 Å². The fourth-order valence-electron chi connectivity index (χ4n) is 4.61. The maximum absolute atomic E-state index is 13.2. The Labute approximate surface area is 350 Å². The van der Waals surface area contributed by atoms with Crippen LogP contribution in [0.25, 0.3) is 0 Å². The summed E-state index contributed by atoms with van der Waals surface area (Å²) in [5.74, 6) is -7.02. The van der Waals surface area contributed by atoms with Crippen molar-refractivity contribution in [2.75, 3.05) is 23.8 Å². The minimum absolute atomic E-state index is 0.0515. The lowest BCUT2D eigenvalue weighted by Crippen LogP contribution is -2.45. The molecule has 3 rings (SSSR count). The van der Waals surface area contributed by atoms with E-state index in [0.29, 0.717) is 11.3 Å². The first-order valence-electron chi connectivity index (χ1n) is 16.5. The summed E-state index contributed by atoms with van der Waals surface area (Å²) in [5.41, 5.74) is 3.83. The Balaban J connectivity index is 0. The lowest BCUT2D eigenvalue weighted by atomic mass is 10.0. The van der Waals surface area contributed by atoms with Gasteiger partial charge < -0.3 is 10.5 Å². The second-order valence-corrected chi connectivity index (χ2v) is 14.4. The van der Waals surface area contributed by atoms with Crippen LogP contribution >= 0.6 is 39.1 Å². The number of hydrogen-bond acceptors (Lipinski definition) is 6. The molecule has 0 unspecified atom stereocenters. The van der Waals surface area contributed by atoms with Gasteiger partial charge in [0.15, 0.2) is 5.78 Å². The van der Waals surface area contributed by atoms with Gasteiger partial charge in [-0.15, -0.1) is 23.2 Å². The number of carbonyl (C=O) groups excluding carboxylic acids is 4. The Kier molecular flexibility index (Phi) is 25.4. The van der Waals surface area contributed by atoms with Gasteiger partial charge in [0.25, 0.3) is 0 Å². The maximum atomic E-state index is 13.2. The topological polar surface area (TPSA) is 110 Å². The number of nitrogens with zero attached hydrogens (tertiary/aromatic N) is 2. The summed E-state index contributed by atoms with van der Waals surface area (Å²) in [6.45, 7) is 3.48. The van der Waals surface area contributed by atoms with Gasteiger partial charge in [-0.2, -0.15) is 52.7 Å². The molecule has 0 aromatic heterocycles. The van der Waals surface area contributed by atoms with E-state index in [9.17, 15) is 89.4 Å². The van der Waals surface area contributed by atoms with Gasteiger partial charge in [0.1, 0.15) is 28.9 Å². The summed E-state index contributed by atoms with van der Waals surface area (Å²) in [6.07, 6.45) is -21.0. The number of ether oxygens (including phenoxy) is 1. The number of alkyl halides is 15. The highest BCUT2D eigenvalue weighted by molar-refractivity contribution is 9.09. The lowest BCUT2D eigenvalue weighted by molar-refractivity contribution is -0.138. The van der Waals surface area contributed by atoms with Crippen molar-refractivity contribution in [3.63, 3.8) is 0 Å². The second-order valence-electron chi connectivity index (χ2n) is 13.0. The first kappa shape index (κ1) is 59.0. The monoisotopic (exact) mass is 1010 g/mol. The van der Waals surface area contributed by atoms with Crippen molar-refractivity contribution in [2.45, 2.75) is 102 Å². The van der Waals surface area contributed by atoms with E-state index in [-0.39, 0.29) is 42.6 Å². The molecular weight excluding hydrogens is 973 g/mol. The Morgan fingerprint density at radius 2 is 1.12 bits per heavy atom. The van der Waals surface area contributed by atoms with Crippen LogP contribution in [0.1, 0.15) is 59.3 Å². The number of ketones is 1. The van der Waals surface area contributed by atoms with Crippen molar-refractivity contribution < 1.29 is 94.2 Å². The fraction of sp³-hybridized carbons (Fsp3) is 0.636. The van der Waals surface area contributed by atoms with Crippen molar-refractivity contribution in [1.82, 2.24) is 9.80 Å². The van der Waals surface area contributed by atoms with Gasteiger partial charge in [-0.3, -0.25) is 24.2 Å².